The van der Waals surface area contributed by atoms with Crippen LogP contribution in [0.15, 0.2) is 12.1 Å². The summed E-state index contributed by atoms with van der Waals surface area (Å²) in [5.41, 5.74) is 0.0371. The summed E-state index contributed by atoms with van der Waals surface area (Å²) < 4.78 is 42.9. The summed E-state index contributed by atoms with van der Waals surface area (Å²) in [5, 5.41) is 2.92. The molecule has 0 aromatic heterocycles. The van der Waals surface area contributed by atoms with E-state index in [1.165, 1.54) is 13.0 Å². The highest BCUT2D eigenvalue weighted by Gasteiger charge is 2.34. The largest absolute Gasteiger partial charge is 0.490 e. The van der Waals surface area contributed by atoms with Crippen LogP contribution in [-0.2, 0) is 6.18 Å². The SMILES string of the molecule is Cc1c(C(F)(F)F)ccc2c1NCCO2. The average Bonchev–Trinajstić information content (AvgIpc) is 2.16. The zero-order valence-corrected chi connectivity index (χ0v) is 8.11. The molecule has 1 aromatic carbocycles. The number of benzene rings is 1. The Labute approximate surface area is 85.0 Å². The van der Waals surface area contributed by atoms with Crippen LogP contribution in [0, 0.1) is 6.92 Å². The fourth-order valence-electron chi connectivity index (χ4n) is 1.67. The van der Waals surface area contributed by atoms with Gasteiger partial charge in [0, 0.05) is 6.54 Å². The summed E-state index contributed by atoms with van der Waals surface area (Å²) in [5.74, 6) is 0.492. The minimum absolute atomic E-state index is 0.194. The first-order valence-corrected chi connectivity index (χ1v) is 4.57. The molecule has 0 spiro atoms. The first-order chi connectivity index (χ1) is 7.00. The van der Waals surface area contributed by atoms with Crippen molar-refractivity contribution in [1.29, 1.82) is 0 Å². The van der Waals surface area contributed by atoms with Crippen molar-refractivity contribution in [3.63, 3.8) is 0 Å². The van der Waals surface area contributed by atoms with Gasteiger partial charge in [-0.25, -0.2) is 0 Å². The van der Waals surface area contributed by atoms with Crippen LogP contribution in [-0.4, -0.2) is 13.2 Å². The van der Waals surface area contributed by atoms with Gasteiger partial charge in [-0.15, -0.1) is 0 Å². The highest BCUT2D eigenvalue weighted by atomic mass is 19.4. The molecule has 82 valence electrons. The second-order valence-corrected chi connectivity index (χ2v) is 3.38. The maximum atomic E-state index is 12.6. The Balaban J connectivity index is 2.53. The van der Waals surface area contributed by atoms with E-state index in [2.05, 4.69) is 5.32 Å². The first-order valence-electron chi connectivity index (χ1n) is 4.57. The molecule has 1 heterocycles. The summed E-state index contributed by atoms with van der Waals surface area (Å²) in [6.45, 7) is 2.47. The molecule has 0 radical (unpaired) electrons. The Morgan fingerprint density at radius 2 is 2.07 bits per heavy atom. The molecule has 0 bridgehead atoms. The Kier molecular flexibility index (Phi) is 2.25. The molecule has 0 saturated heterocycles. The van der Waals surface area contributed by atoms with Gasteiger partial charge in [0.1, 0.15) is 12.4 Å². The van der Waals surface area contributed by atoms with Gasteiger partial charge >= 0.3 is 6.18 Å². The van der Waals surface area contributed by atoms with E-state index >= 15 is 0 Å². The van der Waals surface area contributed by atoms with Gasteiger partial charge in [-0.1, -0.05) is 0 Å². The molecule has 1 aliphatic heterocycles. The maximum Gasteiger partial charge on any atom is 0.416 e. The van der Waals surface area contributed by atoms with Crippen LogP contribution < -0.4 is 10.1 Å². The average molecular weight is 217 g/mol. The van der Waals surface area contributed by atoms with Crippen LogP contribution in [0.3, 0.4) is 0 Å². The summed E-state index contributed by atoms with van der Waals surface area (Å²) >= 11 is 0. The molecule has 1 N–H and O–H groups in total. The van der Waals surface area contributed by atoms with Crippen molar-refractivity contribution < 1.29 is 17.9 Å². The van der Waals surface area contributed by atoms with Gasteiger partial charge in [0.2, 0.25) is 0 Å². The second kappa shape index (κ2) is 3.32. The summed E-state index contributed by atoms with van der Waals surface area (Å²) in [6, 6.07) is 2.42. The predicted molar refractivity (Wildman–Crippen MR) is 50.2 cm³/mol. The lowest BCUT2D eigenvalue weighted by Gasteiger charge is -2.23. The van der Waals surface area contributed by atoms with E-state index in [1.54, 1.807) is 0 Å². The van der Waals surface area contributed by atoms with Crippen molar-refractivity contribution in [2.24, 2.45) is 0 Å². The number of fused-ring (bicyclic) bond motifs is 1. The van der Waals surface area contributed by atoms with Gasteiger partial charge in [0.05, 0.1) is 11.3 Å². The van der Waals surface area contributed by atoms with E-state index in [0.29, 0.717) is 24.6 Å². The van der Waals surface area contributed by atoms with Crippen LogP contribution in [0.1, 0.15) is 11.1 Å². The van der Waals surface area contributed by atoms with E-state index in [1.807, 2.05) is 0 Å². The number of ether oxygens (including phenoxy) is 1. The third-order valence-corrected chi connectivity index (χ3v) is 2.39. The van der Waals surface area contributed by atoms with Crippen LogP contribution in [0.2, 0.25) is 0 Å². The van der Waals surface area contributed by atoms with Gasteiger partial charge in [0.25, 0.3) is 0 Å². The van der Waals surface area contributed by atoms with Crippen LogP contribution >= 0.6 is 0 Å². The van der Waals surface area contributed by atoms with Crippen LogP contribution in [0.5, 0.6) is 5.75 Å². The van der Waals surface area contributed by atoms with Gasteiger partial charge in [-0.2, -0.15) is 13.2 Å². The van der Waals surface area contributed by atoms with Gasteiger partial charge in [-0.3, -0.25) is 0 Å². The monoisotopic (exact) mass is 217 g/mol. The van der Waals surface area contributed by atoms with Crippen molar-refractivity contribution >= 4 is 5.69 Å². The summed E-state index contributed by atoms with van der Waals surface area (Å²) in [4.78, 5) is 0. The Hall–Kier alpha value is -1.39. The van der Waals surface area contributed by atoms with E-state index in [9.17, 15) is 13.2 Å². The lowest BCUT2D eigenvalue weighted by molar-refractivity contribution is -0.138. The van der Waals surface area contributed by atoms with Crippen molar-refractivity contribution in [2.75, 3.05) is 18.5 Å². The minimum atomic E-state index is -4.31. The van der Waals surface area contributed by atoms with Crippen LogP contribution in [0.25, 0.3) is 0 Å². The molecule has 0 saturated carbocycles. The second-order valence-electron chi connectivity index (χ2n) is 3.38. The molecule has 0 unspecified atom stereocenters. The van der Waals surface area contributed by atoms with E-state index < -0.39 is 11.7 Å². The van der Waals surface area contributed by atoms with Gasteiger partial charge in [-0.05, 0) is 24.6 Å². The number of anilines is 1. The van der Waals surface area contributed by atoms with Crippen molar-refractivity contribution in [3.8, 4) is 5.75 Å². The topological polar surface area (TPSA) is 21.3 Å². The molecule has 2 nitrogen and oxygen atoms in total. The minimum Gasteiger partial charge on any atom is -0.490 e. The molecule has 1 aliphatic rings. The smallest absolute Gasteiger partial charge is 0.416 e. The number of hydrogen-bond acceptors (Lipinski definition) is 2. The molecule has 0 fully saturated rings. The standard InChI is InChI=1S/C10H10F3NO/c1-6-7(10(11,12)13)2-3-8-9(6)14-4-5-15-8/h2-3,14H,4-5H2,1H3. The number of halogens is 3. The maximum absolute atomic E-state index is 12.6. The normalized spacial score (nSPS) is 15.2. The van der Waals surface area contributed by atoms with E-state index in [-0.39, 0.29) is 5.56 Å². The third kappa shape index (κ3) is 1.73. The molecule has 0 amide bonds. The zero-order valence-electron chi connectivity index (χ0n) is 8.11. The molecular weight excluding hydrogens is 207 g/mol. The van der Waals surface area contributed by atoms with Crippen molar-refractivity contribution in [2.45, 2.75) is 13.1 Å². The van der Waals surface area contributed by atoms with Gasteiger partial charge in [0.15, 0.2) is 0 Å². The van der Waals surface area contributed by atoms with Crippen molar-refractivity contribution in [1.82, 2.24) is 0 Å². The quantitative estimate of drug-likeness (QED) is 0.721. The molecule has 0 atom stereocenters. The molecule has 0 aliphatic carbocycles. The number of hydrogen-bond donors (Lipinski definition) is 1. The fraction of sp³-hybridized carbons (Fsp3) is 0.400. The van der Waals surface area contributed by atoms with E-state index in [0.717, 1.165) is 6.07 Å². The lowest BCUT2D eigenvalue weighted by Crippen LogP contribution is -2.20. The molecule has 2 rings (SSSR count). The number of rotatable bonds is 0. The summed E-state index contributed by atoms with van der Waals surface area (Å²) in [6.07, 6.45) is -4.31. The number of nitrogens with one attached hydrogen (secondary N) is 1. The first kappa shape index (κ1) is 10.1. The van der Waals surface area contributed by atoms with Crippen molar-refractivity contribution in [3.05, 3.63) is 23.3 Å². The Bertz CT molecular complexity index is 387. The highest BCUT2D eigenvalue weighted by molar-refractivity contribution is 5.65. The summed E-state index contributed by atoms with van der Waals surface area (Å²) in [7, 11) is 0. The van der Waals surface area contributed by atoms with Crippen LogP contribution in [0.4, 0.5) is 18.9 Å². The number of alkyl halides is 3. The molecular formula is C10H10F3NO. The van der Waals surface area contributed by atoms with Gasteiger partial charge < -0.3 is 10.1 Å². The Morgan fingerprint density at radius 3 is 2.73 bits per heavy atom. The van der Waals surface area contributed by atoms with E-state index in [4.69, 9.17) is 4.74 Å². The molecule has 15 heavy (non-hydrogen) atoms. The molecule has 5 heteroatoms. The highest BCUT2D eigenvalue weighted by Crippen LogP contribution is 2.39. The fourth-order valence-corrected chi connectivity index (χ4v) is 1.67. The zero-order chi connectivity index (χ0) is 11.1. The predicted octanol–water partition coefficient (Wildman–Crippen LogP) is 2.82. The third-order valence-electron chi connectivity index (χ3n) is 2.39. The molecule has 1 aromatic rings. The lowest BCUT2D eigenvalue weighted by atomic mass is 10.0. The Morgan fingerprint density at radius 1 is 1.33 bits per heavy atom.